The highest BCUT2D eigenvalue weighted by Crippen LogP contribution is 2.28. The molecule has 0 fully saturated rings. The van der Waals surface area contributed by atoms with Gasteiger partial charge in [0.15, 0.2) is 5.83 Å². The Morgan fingerprint density at radius 2 is 1.97 bits per heavy atom. The second kappa shape index (κ2) is 12.0. The third-order valence-electron chi connectivity index (χ3n) is 4.07. The van der Waals surface area contributed by atoms with E-state index in [-0.39, 0.29) is 17.7 Å². The maximum Gasteiger partial charge on any atom is 0.342 e. The number of hydrogen-bond acceptors (Lipinski definition) is 7. The number of esters is 1. The van der Waals surface area contributed by atoms with Crippen LogP contribution in [0.25, 0.3) is 6.08 Å². The lowest BCUT2D eigenvalue weighted by molar-refractivity contribution is -0.130. The van der Waals surface area contributed by atoms with Crippen LogP contribution in [-0.4, -0.2) is 52.9 Å². The number of methoxy groups -OCH3 is 1. The van der Waals surface area contributed by atoms with Crippen molar-refractivity contribution in [2.24, 2.45) is 0 Å². The van der Waals surface area contributed by atoms with Crippen LogP contribution in [0.5, 0.6) is 5.75 Å². The van der Waals surface area contributed by atoms with Gasteiger partial charge in [-0.05, 0) is 37.5 Å². The van der Waals surface area contributed by atoms with Crippen LogP contribution in [0.1, 0.15) is 49.0 Å². The summed E-state index contributed by atoms with van der Waals surface area (Å²) in [6, 6.07) is 2.99. The molecule has 0 aliphatic heterocycles. The van der Waals surface area contributed by atoms with E-state index < -0.39 is 29.8 Å². The van der Waals surface area contributed by atoms with Crippen molar-refractivity contribution in [1.82, 2.24) is 0 Å². The Morgan fingerprint density at radius 1 is 1.28 bits per heavy atom. The summed E-state index contributed by atoms with van der Waals surface area (Å²) in [5.41, 5.74) is 0.816. The van der Waals surface area contributed by atoms with Gasteiger partial charge in [0.25, 0.3) is 0 Å². The number of ketones is 1. The number of aliphatic hydroxyl groups is 2. The van der Waals surface area contributed by atoms with E-state index in [0.29, 0.717) is 30.6 Å². The van der Waals surface area contributed by atoms with Crippen LogP contribution >= 0.6 is 0 Å². The van der Waals surface area contributed by atoms with E-state index in [9.17, 15) is 29.3 Å². The monoisotopic (exact) mass is 409 g/mol. The molecule has 0 amide bonds. The lowest BCUT2D eigenvalue weighted by atomic mass is 10.0. The van der Waals surface area contributed by atoms with E-state index in [1.807, 2.05) is 13.8 Å². The number of allylic oxidation sites excluding steroid dienone is 1. The van der Waals surface area contributed by atoms with E-state index in [0.717, 1.165) is 6.08 Å². The summed E-state index contributed by atoms with van der Waals surface area (Å²) >= 11 is 0. The molecule has 160 valence electrons. The van der Waals surface area contributed by atoms with Crippen LogP contribution in [0.15, 0.2) is 30.1 Å². The zero-order valence-electron chi connectivity index (χ0n) is 16.8. The quantitative estimate of drug-likeness (QED) is 0.328. The summed E-state index contributed by atoms with van der Waals surface area (Å²) < 4.78 is 18.3. The van der Waals surface area contributed by atoms with E-state index in [4.69, 9.17) is 0 Å². The molecule has 2 unspecified atom stereocenters. The highest BCUT2D eigenvalue weighted by atomic mass is 19.1. The summed E-state index contributed by atoms with van der Waals surface area (Å²) in [4.78, 5) is 23.7. The molecule has 4 N–H and O–H groups in total. The van der Waals surface area contributed by atoms with E-state index in [2.05, 4.69) is 10.1 Å². The third-order valence-corrected chi connectivity index (χ3v) is 4.07. The summed E-state index contributed by atoms with van der Waals surface area (Å²) in [5.74, 6) is -3.29. The van der Waals surface area contributed by atoms with Gasteiger partial charge in [-0.25, -0.2) is 9.18 Å². The molecular formula is C21H28FNO6. The van der Waals surface area contributed by atoms with Gasteiger partial charge in [-0.15, -0.1) is 0 Å². The Kier molecular flexibility index (Phi) is 10.1. The van der Waals surface area contributed by atoms with Crippen molar-refractivity contribution < 1.29 is 34.0 Å². The van der Waals surface area contributed by atoms with Gasteiger partial charge >= 0.3 is 5.97 Å². The van der Waals surface area contributed by atoms with Gasteiger partial charge in [0, 0.05) is 18.3 Å². The number of unbranched alkanes of at least 4 members (excludes halogenated alkanes) is 1. The first-order chi connectivity index (χ1) is 13.8. The smallest absolute Gasteiger partial charge is 0.342 e. The van der Waals surface area contributed by atoms with Crippen LogP contribution < -0.4 is 5.32 Å². The number of Topliss-reactive ketones (excluding diaryl/α,β-unsaturated/α-hetero) is 1. The van der Waals surface area contributed by atoms with Gasteiger partial charge in [-0.2, -0.15) is 0 Å². The number of aliphatic hydroxyl groups excluding tert-OH is 2. The summed E-state index contributed by atoms with van der Waals surface area (Å²) in [6.07, 6.45) is 1.29. The molecule has 0 bridgehead atoms. The van der Waals surface area contributed by atoms with Crippen LogP contribution in [0.2, 0.25) is 0 Å². The normalized spacial score (nSPS) is 13.9. The van der Waals surface area contributed by atoms with Gasteiger partial charge in [0.1, 0.15) is 17.4 Å². The number of rotatable bonds is 11. The number of nitrogens with one attached hydrogen (secondary N) is 1. The topological polar surface area (TPSA) is 116 Å². The molecule has 0 aliphatic rings. The number of aromatic hydroxyl groups is 1. The molecule has 0 heterocycles. The fraction of sp³-hybridized carbons (Fsp3) is 0.429. The van der Waals surface area contributed by atoms with Crippen molar-refractivity contribution in [2.75, 3.05) is 19.0 Å². The van der Waals surface area contributed by atoms with Gasteiger partial charge in [-0.1, -0.05) is 25.5 Å². The first-order valence-corrected chi connectivity index (χ1v) is 9.38. The summed E-state index contributed by atoms with van der Waals surface area (Å²) in [5, 5.41) is 33.0. The number of anilines is 1. The molecule has 1 aromatic rings. The van der Waals surface area contributed by atoms with Crippen molar-refractivity contribution in [3.05, 3.63) is 41.2 Å². The van der Waals surface area contributed by atoms with Gasteiger partial charge in [-0.3, -0.25) is 4.79 Å². The maximum absolute atomic E-state index is 13.7. The molecule has 1 aromatic carbocycles. The number of ether oxygens (including phenoxy) is 1. The molecular weight excluding hydrogens is 381 g/mol. The minimum Gasteiger partial charge on any atom is -0.507 e. The molecule has 0 aliphatic carbocycles. The molecule has 0 aromatic heterocycles. The van der Waals surface area contributed by atoms with E-state index >= 15 is 0 Å². The predicted octanol–water partition coefficient (Wildman–Crippen LogP) is 2.96. The molecule has 1 rings (SSSR count). The second-order valence-electron chi connectivity index (χ2n) is 6.34. The largest absolute Gasteiger partial charge is 0.507 e. The van der Waals surface area contributed by atoms with Gasteiger partial charge < -0.3 is 25.4 Å². The Balaban J connectivity index is 2.99. The zero-order chi connectivity index (χ0) is 22.0. The Bertz CT molecular complexity index is 775. The number of carbonyl (C=O) groups excluding carboxylic acids is 2. The van der Waals surface area contributed by atoms with E-state index in [1.165, 1.54) is 25.3 Å². The molecule has 0 saturated heterocycles. The number of benzene rings is 1. The Hall–Kier alpha value is -2.71. The Morgan fingerprint density at radius 3 is 2.55 bits per heavy atom. The second-order valence-corrected chi connectivity index (χ2v) is 6.34. The lowest BCUT2D eigenvalue weighted by Crippen LogP contribution is -2.33. The minimum absolute atomic E-state index is 0.0648. The Labute approximate surface area is 169 Å². The summed E-state index contributed by atoms with van der Waals surface area (Å²) in [7, 11) is 1.18. The van der Waals surface area contributed by atoms with Crippen molar-refractivity contribution >= 4 is 23.5 Å². The average Bonchev–Trinajstić information content (AvgIpc) is 2.70. The number of hydrogen-bond donors (Lipinski definition) is 4. The number of carbonyl (C=O) groups is 2. The van der Waals surface area contributed by atoms with Crippen molar-refractivity contribution in [3.8, 4) is 5.75 Å². The highest BCUT2D eigenvalue weighted by Gasteiger charge is 2.26. The molecule has 2 atom stereocenters. The van der Waals surface area contributed by atoms with Crippen molar-refractivity contribution in [1.29, 1.82) is 0 Å². The molecule has 0 spiro atoms. The number of phenolic OH excluding ortho intramolecular Hbond substituents is 1. The van der Waals surface area contributed by atoms with Gasteiger partial charge in [0.05, 0.1) is 13.2 Å². The molecule has 0 radical (unpaired) electrons. The molecule has 29 heavy (non-hydrogen) atoms. The highest BCUT2D eigenvalue weighted by molar-refractivity contribution is 5.98. The average molecular weight is 409 g/mol. The number of phenols is 1. The van der Waals surface area contributed by atoms with Crippen molar-refractivity contribution in [3.63, 3.8) is 0 Å². The number of halogens is 1. The zero-order valence-corrected chi connectivity index (χ0v) is 16.8. The van der Waals surface area contributed by atoms with Crippen LogP contribution in [0.4, 0.5) is 10.1 Å². The van der Waals surface area contributed by atoms with Crippen LogP contribution in [-0.2, 0) is 9.53 Å². The lowest BCUT2D eigenvalue weighted by Gasteiger charge is -2.14. The van der Waals surface area contributed by atoms with E-state index in [1.54, 1.807) is 6.07 Å². The SMILES string of the molecule is CCC/C=C(/F)C(=O)C(O)C(O)C/C=C/c1cc(NCC)cc(O)c1C(=O)OC. The third kappa shape index (κ3) is 6.99. The predicted molar refractivity (Wildman–Crippen MR) is 108 cm³/mol. The van der Waals surface area contributed by atoms with Crippen LogP contribution in [0.3, 0.4) is 0 Å². The van der Waals surface area contributed by atoms with Crippen LogP contribution in [0, 0.1) is 0 Å². The fourth-order valence-corrected chi connectivity index (χ4v) is 2.56. The first-order valence-electron chi connectivity index (χ1n) is 9.38. The standard InChI is InChI=1S/C21H28FNO6/c1-4-6-9-15(22)19(26)20(27)16(24)10-7-8-13-11-14(23-5-2)12-17(25)18(13)21(28)29-3/h7-9,11-12,16,20,23-25,27H,4-6,10H2,1-3H3/b8-7+,15-9+. The summed E-state index contributed by atoms with van der Waals surface area (Å²) in [6.45, 7) is 4.27. The molecule has 0 saturated carbocycles. The fourth-order valence-electron chi connectivity index (χ4n) is 2.56. The first kappa shape index (κ1) is 24.3. The van der Waals surface area contributed by atoms with Gasteiger partial charge in [0.2, 0.25) is 5.78 Å². The minimum atomic E-state index is -1.91. The molecule has 7 nitrogen and oxygen atoms in total. The van der Waals surface area contributed by atoms with Crippen molar-refractivity contribution in [2.45, 2.75) is 45.3 Å². The maximum atomic E-state index is 13.7. The molecule has 8 heteroatoms.